The summed E-state index contributed by atoms with van der Waals surface area (Å²) in [6, 6.07) is 7.74. The molecule has 2 aromatic rings. The maximum atomic E-state index is 5.78. The van der Waals surface area contributed by atoms with Crippen molar-refractivity contribution in [3.63, 3.8) is 0 Å². The van der Waals surface area contributed by atoms with Crippen LogP contribution >= 0.6 is 0 Å². The van der Waals surface area contributed by atoms with Crippen LogP contribution in [0.2, 0.25) is 0 Å². The molecule has 0 aliphatic carbocycles. The van der Waals surface area contributed by atoms with E-state index in [9.17, 15) is 0 Å². The number of anilines is 1. The van der Waals surface area contributed by atoms with Crippen molar-refractivity contribution in [3.05, 3.63) is 47.2 Å². The van der Waals surface area contributed by atoms with Crippen LogP contribution in [0.25, 0.3) is 0 Å². The minimum Gasteiger partial charge on any atom is -0.438 e. The van der Waals surface area contributed by atoms with Crippen LogP contribution in [0.1, 0.15) is 16.7 Å². The smallest absolute Gasteiger partial charge is 0.219 e. The summed E-state index contributed by atoms with van der Waals surface area (Å²) < 4.78 is 5.78. The fourth-order valence-electron chi connectivity index (χ4n) is 1.88. The van der Waals surface area contributed by atoms with E-state index in [1.54, 1.807) is 18.3 Å². The van der Waals surface area contributed by atoms with Gasteiger partial charge in [0, 0.05) is 6.07 Å². The molecule has 0 radical (unpaired) electrons. The molecule has 1 heterocycles. The number of ether oxygens (including phenoxy) is 1. The first kappa shape index (κ1) is 11.5. The zero-order chi connectivity index (χ0) is 12.4. The molecule has 0 saturated heterocycles. The minimum absolute atomic E-state index is 0.564. The van der Waals surface area contributed by atoms with Gasteiger partial charge in [-0.1, -0.05) is 17.7 Å². The van der Waals surface area contributed by atoms with Gasteiger partial charge < -0.3 is 10.5 Å². The number of nitrogens with zero attached hydrogens (tertiary/aromatic N) is 1. The first-order valence-corrected chi connectivity index (χ1v) is 5.53. The predicted octanol–water partition coefficient (Wildman–Crippen LogP) is 3.38. The van der Waals surface area contributed by atoms with E-state index in [1.807, 2.05) is 13.8 Å². The van der Waals surface area contributed by atoms with E-state index in [4.69, 9.17) is 10.5 Å². The van der Waals surface area contributed by atoms with Crippen molar-refractivity contribution in [3.8, 4) is 11.6 Å². The molecule has 0 amide bonds. The molecule has 0 saturated carbocycles. The zero-order valence-corrected chi connectivity index (χ0v) is 10.3. The molecular weight excluding hydrogens is 212 g/mol. The highest BCUT2D eigenvalue weighted by Gasteiger charge is 2.06. The highest BCUT2D eigenvalue weighted by atomic mass is 16.5. The van der Waals surface area contributed by atoms with Crippen molar-refractivity contribution < 1.29 is 4.74 Å². The van der Waals surface area contributed by atoms with Crippen molar-refractivity contribution in [1.29, 1.82) is 0 Å². The Hall–Kier alpha value is -2.03. The fraction of sp³-hybridized carbons (Fsp3) is 0.214. The number of hydrogen-bond acceptors (Lipinski definition) is 3. The highest BCUT2D eigenvalue weighted by molar-refractivity contribution is 5.45. The molecule has 0 bridgehead atoms. The Bertz CT molecular complexity index is 509. The molecule has 17 heavy (non-hydrogen) atoms. The first-order valence-electron chi connectivity index (χ1n) is 5.53. The largest absolute Gasteiger partial charge is 0.438 e. The van der Waals surface area contributed by atoms with E-state index < -0.39 is 0 Å². The summed E-state index contributed by atoms with van der Waals surface area (Å²) in [6.07, 6.45) is 1.59. The summed E-state index contributed by atoms with van der Waals surface area (Å²) in [5, 5.41) is 0. The molecule has 0 spiro atoms. The Morgan fingerprint density at radius 1 is 1.06 bits per heavy atom. The summed E-state index contributed by atoms with van der Waals surface area (Å²) >= 11 is 0. The average molecular weight is 228 g/mol. The van der Waals surface area contributed by atoms with E-state index >= 15 is 0 Å². The third kappa shape index (κ3) is 2.56. The van der Waals surface area contributed by atoms with Crippen LogP contribution < -0.4 is 10.5 Å². The second kappa shape index (κ2) is 4.45. The van der Waals surface area contributed by atoms with Crippen LogP contribution in [0.5, 0.6) is 11.6 Å². The van der Waals surface area contributed by atoms with Gasteiger partial charge in [0.1, 0.15) is 5.75 Å². The van der Waals surface area contributed by atoms with Gasteiger partial charge in [0.05, 0.1) is 11.9 Å². The molecule has 3 nitrogen and oxygen atoms in total. The van der Waals surface area contributed by atoms with Crippen molar-refractivity contribution in [1.82, 2.24) is 4.98 Å². The van der Waals surface area contributed by atoms with Gasteiger partial charge in [0.15, 0.2) is 0 Å². The summed E-state index contributed by atoms with van der Waals surface area (Å²) in [7, 11) is 0. The second-order valence-electron chi connectivity index (χ2n) is 4.26. The van der Waals surface area contributed by atoms with E-state index in [1.165, 1.54) is 5.56 Å². The molecule has 0 atom stereocenters. The van der Waals surface area contributed by atoms with Crippen LogP contribution in [-0.2, 0) is 0 Å². The molecule has 1 aromatic carbocycles. The molecule has 88 valence electrons. The Balaban J connectivity index is 2.33. The van der Waals surface area contributed by atoms with Gasteiger partial charge in [-0.25, -0.2) is 4.98 Å². The number of hydrogen-bond donors (Lipinski definition) is 1. The Morgan fingerprint density at radius 2 is 1.71 bits per heavy atom. The number of aryl methyl sites for hydroxylation is 3. The maximum Gasteiger partial charge on any atom is 0.219 e. The molecule has 2 rings (SSSR count). The van der Waals surface area contributed by atoms with E-state index in [2.05, 4.69) is 24.0 Å². The molecular formula is C14H16N2O. The van der Waals surface area contributed by atoms with Crippen LogP contribution in [0.3, 0.4) is 0 Å². The Labute approximate surface area is 101 Å². The number of pyridine rings is 1. The number of nitrogens with two attached hydrogens (primary N) is 1. The third-order valence-corrected chi connectivity index (χ3v) is 2.57. The van der Waals surface area contributed by atoms with Gasteiger partial charge in [0.2, 0.25) is 5.88 Å². The highest BCUT2D eigenvalue weighted by Crippen LogP contribution is 2.28. The molecule has 3 heteroatoms. The van der Waals surface area contributed by atoms with Crippen LogP contribution in [-0.4, -0.2) is 4.98 Å². The molecule has 0 aliphatic heterocycles. The quantitative estimate of drug-likeness (QED) is 0.857. The van der Waals surface area contributed by atoms with E-state index in [0.717, 1.165) is 16.9 Å². The lowest BCUT2D eigenvalue weighted by atomic mass is 10.1. The topological polar surface area (TPSA) is 48.1 Å². The van der Waals surface area contributed by atoms with Crippen molar-refractivity contribution in [2.45, 2.75) is 20.8 Å². The Morgan fingerprint density at radius 3 is 2.24 bits per heavy atom. The van der Waals surface area contributed by atoms with E-state index in [-0.39, 0.29) is 0 Å². The van der Waals surface area contributed by atoms with Crippen LogP contribution in [0.4, 0.5) is 5.69 Å². The van der Waals surface area contributed by atoms with Crippen LogP contribution in [0.15, 0.2) is 30.5 Å². The minimum atomic E-state index is 0.564. The lowest BCUT2D eigenvalue weighted by molar-refractivity contribution is 0.456. The van der Waals surface area contributed by atoms with Gasteiger partial charge in [0.25, 0.3) is 0 Å². The molecule has 0 unspecified atom stereocenters. The second-order valence-corrected chi connectivity index (χ2v) is 4.26. The lowest BCUT2D eigenvalue weighted by Gasteiger charge is -2.11. The average Bonchev–Trinajstić information content (AvgIpc) is 2.26. The maximum absolute atomic E-state index is 5.78. The summed E-state index contributed by atoms with van der Waals surface area (Å²) in [6.45, 7) is 6.14. The van der Waals surface area contributed by atoms with Gasteiger partial charge in [-0.15, -0.1) is 0 Å². The molecule has 0 aliphatic rings. The number of benzene rings is 1. The van der Waals surface area contributed by atoms with Crippen molar-refractivity contribution in [2.75, 3.05) is 5.73 Å². The van der Waals surface area contributed by atoms with Crippen molar-refractivity contribution >= 4 is 5.69 Å². The summed E-state index contributed by atoms with van der Waals surface area (Å²) in [4.78, 5) is 4.13. The summed E-state index contributed by atoms with van der Waals surface area (Å²) in [5.41, 5.74) is 9.67. The van der Waals surface area contributed by atoms with Gasteiger partial charge in [-0.05, 0) is 38.0 Å². The first-order chi connectivity index (χ1) is 8.06. The van der Waals surface area contributed by atoms with Gasteiger partial charge in [-0.2, -0.15) is 0 Å². The van der Waals surface area contributed by atoms with Crippen LogP contribution in [0, 0.1) is 20.8 Å². The molecule has 2 N–H and O–H groups in total. The normalized spacial score (nSPS) is 10.3. The lowest BCUT2D eigenvalue weighted by Crippen LogP contribution is -1.94. The number of nitrogen functional groups attached to an aromatic ring is 1. The van der Waals surface area contributed by atoms with Gasteiger partial charge in [-0.3, -0.25) is 0 Å². The monoisotopic (exact) mass is 228 g/mol. The predicted molar refractivity (Wildman–Crippen MR) is 69.4 cm³/mol. The van der Waals surface area contributed by atoms with E-state index in [0.29, 0.717) is 11.6 Å². The third-order valence-electron chi connectivity index (χ3n) is 2.57. The molecule has 1 aromatic heterocycles. The Kier molecular flexibility index (Phi) is 3.00. The van der Waals surface area contributed by atoms with Crippen molar-refractivity contribution in [2.24, 2.45) is 0 Å². The SMILES string of the molecule is Cc1cc(C)c(Oc2ccc(N)cn2)c(C)c1. The van der Waals surface area contributed by atoms with Gasteiger partial charge >= 0.3 is 0 Å². The standard InChI is InChI=1S/C14H16N2O/c1-9-6-10(2)14(11(3)7-9)17-13-5-4-12(15)8-16-13/h4-8H,15H2,1-3H3. The molecule has 0 fully saturated rings. The fourth-order valence-corrected chi connectivity index (χ4v) is 1.88. The number of aromatic nitrogens is 1. The zero-order valence-electron chi connectivity index (χ0n) is 10.3. The summed E-state index contributed by atoms with van der Waals surface area (Å²) in [5.74, 6) is 1.43. The number of rotatable bonds is 2.